The van der Waals surface area contributed by atoms with Crippen molar-refractivity contribution in [1.82, 2.24) is 10.2 Å². The quantitative estimate of drug-likeness (QED) is 0.533. The first-order valence-corrected chi connectivity index (χ1v) is 14.2. The van der Waals surface area contributed by atoms with Crippen molar-refractivity contribution in [2.75, 3.05) is 30.3 Å². The fourth-order valence-corrected chi connectivity index (χ4v) is 4.99. The van der Waals surface area contributed by atoms with Crippen molar-refractivity contribution in [1.29, 1.82) is 0 Å². The third-order valence-electron chi connectivity index (χ3n) is 5.98. The standard InChI is InChI=1S/C27H37N3O6S/c1-7-22(26(32)28-27(3,4)5)29(17-20-11-9-8-10-19(20)2)25(31)18-30(37(6,33)34)21-12-13-23-24(16-21)36-15-14-35-23/h8-13,16,22H,7,14-15,17-18H2,1-6H3,(H,28,32)/t22-/m1/s1. The molecular weight excluding hydrogens is 494 g/mol. The number of amides is 2. The summed E-state index contributed by atoms with van der Waals surface area (Å²) in [7, 11) is -3.85. The molecule has 0 aromatic heterocycles. The lowest BCUT2D eigenvalue weighted by Crippen LogP contribution is -2.55. The summed E-state index contributed by atoms with van der Waals surface area (Å²) in [6.07, 6.45) is 1.41. The molecule has 202 valence electrons. The van der Waals surface area contributed by atoms with Gasteiger partial charge in [-0.1, -0.05) is 31.2 Å². The van der Waals surface area contributed by atoms with Crippen molar-refractivity contribution < 1.29 is 27.5 Å². The van der Waals surface area contributed by atoms with Crippen LogP contribution >= 0.6 is 0 Å². The number of carbonyl (C=O) groups is 2. The predicted octanol–water partition coefficient (Wildman–Crippen LogP) is 3.25. The zero-order chi connectivity index (χ0) is 27.4. The summed E-state index contributed by atoms with van der Waals surface area (Å²) in [5.41, 5.74) is 1.63. The lowest BCUT2D eigenvalue weighted by molar-refractivity contribution is -0.141. The maximum absolute atomic E-state index is 13.8. The van der Waals surface area contributed by atoms with Gasteiger partial charge >= 0.3 is 0 Å². The molecule has 2 amide bonds. The minimum Gasteiger partial charge on any atom is -0.486 e. The molecule has 1 N–H and O–H groups in total. The fraction of sp³-hybridized carbons (Fsp3) is 0.481. The van der Waals surface area contributed by atoms with Gasteiger partial charge in [0.25, 0.3) is 0 Å². The Morgan fingerprint density at radius 1 is 1.05 bits per heavy atom. The molecule has 9 nitrogen and oxygen atoms in total. The van der Waals surface area contributed by atoms with E-state index in [1.54, 1.807) is 18.2 Å². The molecule has 0 bridgehead atoms. The monoisotopic (exact) mass is 531 g/mol. The molecule has 37 heavy (non-hydrogen) atoms. The van der Waals surface area contributed by atoms with Crippen LogP contribution in [0.5, 0.6) is 11.5 Å². The van der Waals surface area contributed by atoms with Gasteiger partial charge in [0.15, 0.2) is 11.5 Å². The van der Waals surface area contributed by atoms with Crippen molar-refractivity contribution in [2.24, 2.45) is 0 Å². The summed E-state index contributed by atoms with van der Waals surface area (Å²) >= 11 is 0. The average Bonchev–Trinajstić information content (AvgIpc) is 2.81. The van der Waals surface area contributed by atoms with Crippen molar-refractivity contribution >= 4 is 27.5 Å². The second-order valence-corrected chi connectivity index (χ2v) is 12.1. The summed E-state index contributed by atoms with van der Waals surface area (Å²) in [6.45, 7) is 9.84. The van der Waals surface area contributed by atoms with Crippen LogP contribution in [0.4, 0.5) is 5.69 Å². The molecule has 0 saturated carbocycles. The number of aryl methyl sites for hydroxylation is 1. The van der Waals surface area contributed by atoms with E-state index in [4.69, 9.17) is 9.47 Å². The Morgan fingerprint density at radius 2 is 1.70 bits per heavy atom. The normalized spacial score (nSPS) is 14.0. The smallest absolute Gasteiger partial charge is 0.244 e. The number of ether oxygens (including phenoxy) is 2. The van der Waals surface area contributed by atoms with E-state index in [2.05, 4.69) is 5.32 Å². The molecule has 2 aromatic rings. The SMILES string of the molecule is CC[C@H](C(=O)NC(C)(C)C)N(Cc1ccccc1C)C(=O)CN(c1ccc2c(c1)OCCO2)S(C)(=O)=O. The van der Waals surface area contributed by atoms with Crippen LogP contribution in [0.15, 0.2) is 42.5 Å². The molecule has 1 aliphatic heterocycles. The number of hydrogen-bond acceptors (Lipinski definition) is 6. The first kappa shape index (κ1) is 28.3. The van der Waals surface area contributed by atoms with Gasteiger partial charge in [-0.2, -0.15) is 0 Å². The maximum atomic E-state index is 13.8. The Kier molecular flexibility index (Phi) is 8.73. The molecule has 0 fully saturated rings. The Morgan fingerprint density at radius 3 is 2.30 bits per heavy atom. The van der Waals surface area contributed by atoms with E-state index in [0.29, 0.717) is 31.1 Å². The fourth-order valence-electron chi connectivity index (χ4n) is 4.14. The van der Waals surface area contributed by atoms with Gasteiger partial charge in [-0.15, -0.1) is 0 Å². The summed E-state index contributed by atoms with van der Waals surface area (Å²) in [6, 6.07) is 11.6. The molecule has 10 heteroatoms. The number of nitrogens with zero attached hydrogens (tertiary/aromatic N) is 2. The second kappa shape index (κ2) is 11.4. The third kappa shape index (κ3) is 7.38. The minimum absolute atomic E-state index is 0.167. The van der Waals surface area contributed by atoms with Crippen LogP contribution in [0.25, 0.3) is 0 Å². The Bertz CT molecular complexity index is 1240. The number of sulfonamides is 1. The van der Waals surface area contributed by atoms with Crippen molar-refractivity contribution in [2.45, 2.75) is 59.2 Å². The Hall–Kier alpha value is -3.27. The van der Waals surface area contributed by atoms with Crippen LogP contribution in [0.2, 0.25) is 0 Å². The number of carbonyl (C=O) groups excluding carboxylic acids is 2. The average molecular weight is 532 g/mol. The molecule has 0 saturated heterocycles. The van der Waals surface area contributed by atoms with E-state index in [-0.39, 0.29) is 18.1 Å². The van der Waals surface area contributed by atoms with Gasteiger partial charge < -0.3 is 19.7 Å². The van der Waals surface area contributed by atoms with Crippen molar-refractivity contribution in [3.63, 3.8) is 0 Å². The van der Waals surface area contributed by atoms with Gasteiger partial charge in [-0.05, 0) is 57.4 Å². The molecule has 1 aliphatic rings. The highest BCUT2D eigenvalue weighted by atomic mass is 32.2. The highest BCUT2D eigenvalue weighted by Crippen LogP contribution is 2.34. The molecule has 0 aliphatic carbocycles. The molecular formula is C27H37N3O6S. The lowest BCUT2D eigenvalue weighted by atomic mass is 10.0. The summed E-state index contributed by atoms with van der Waals surface area (Å²) in [5.74, 6) is 0.153. The Labute approximate surface area is 219 Å². The summed E-state index contributed by atoms with van der Waals surface area (Å²) in [4.78, 5) is 28.6. The number of anilines is 1. The van der Waals surface area contributed by atoms with Crippen LogP contribution < -0.4 is 19.1 Å². The van der Waals surface area contributed by atoms with Gasteiger partial charge in [0.05, 0.1) is 11.9 Å². The zero-order valence-corrected chi connectivity index (χ0v) is 23.2. The summed E-state index contributed by atoms with van der Waals surface area (Å²) in [5, 5.41) is 2.96. The number of nitrogens with one attached hydrogen (secondary N) is 1. The van der Waals surface area contributed by atoms with E-state index in [9.17, 15) is 18.0 Å². The zero-order valence-electron chi connectivity index (χ0n) is 22.4. The predicted molar refractivity (Wildman–Crippen MR) is 143 cm³/mol. The van der Waals surface area contributed by atoms with Gasteiger partial charge in [0.1, 0.15) is 25.8 Å². The van der Waals surface area contributed by atoms with Crippen LogP contribution in [-0.4, -0.2) is 62.7 Å². The topological polar surface area (TPSA) is 105 Å². The second-order valence-electron chi connectivity index (χ2n) is 10.2. The van der Waals surface area contributed by atoms with Crippen LogP contribution in [-0.2, 0) is 26.2 Å². The molecule has 2 aromatic carbocycles. The molecule has 0 unspecified atom stereocenters. The van der Waals surface area contributed by atoms with E-state index >= 15 is 0 Å². The Balaban J connectivity index is 1.98. The molecule has 1 heterocycles. The minimum atomic E-state index is -3.85. The third-order valence-corrected chi connectivity index (χ3v) is 7.12. The summed E-state index contributed by atoms with van der Waals surface area (Å²) < 4.78 is 37.9. The van der Waals surface area contributed by atoms with Gasteiger partial charge in [-0.25, -0.2) is 8.42 Å². The molecule has 0 radical (unpaired) electrons. The van der Waals surface area contributed by atoms with Crippen molar-refractivity contribution in [3.8, 4) is 11.5 Å². The maximum Gasteiger partial charge on any atom is 0.244 e. The van der Waals surface area contributed by atoms with E-state index in [0.717, 1.165) is 21.7 Å². The van der Waals surface area contributed by atoms with Gasteiger partial charge in [-0.3, -0.25) is 13.9 Å². The van der Waals surface area contributed by atoms with Crippen molar-refractivity contribution in [3.05, 3.63) is 53.6 Å². The number of fused-ring (bicyclic) bond motifs is 1. The molecule has 0 spiro atoms. The van der Waals surface area contributed by atoms with E-state index in [1.807, 2.05) is 58.9 Å². The van der Waals surface area contributed by atoms with E-state index in [1.165, 1.54) is 4.90 Å². The molecule has 1 atom stereocenters. The number of rotatable bonds is 9. The first-order valence-electron chi connectivity index (χ1n) is 12.3. The molecule has 3 rings (SSSR count). The number of benzene rings is 2. The van der Waals surface area contributed by atoms with Crippen LogP contribution in [0.3, 0.4) is 0 Å². The lowest BCUT2D eigenvalue weighted by Gasteiger charge is -2.35. The van der Waals surface area contributed by atoms with Crippen LogP contribution in [0.1, 0.15) is 45.2 Å². The van der Waals surface area contributed by atoms with E-state index < -0.39 is 34.1 Å². The highest BCUT2D eigenvalue weighted by molar-refractivity contribution is 7.92. The van der Waals surface area contributed by atoms with Crippen LogP contribution in [0, 0.1) is 6.92 Å². The largest absolute Gasteiger partial charge is 0.486 e. The highest BCUT2D eigenvalue weighted by Gasteiger charge is 2.33. The van der Waals surface area contributed by atoms with Gasteiger partial charge in [0, 0.05) is 18.2 Å². The van der Waals surface area contributed by atoms with Gasteiger partial charge in [0.2, 0.25) is 21.8 Å². The first-order chi connectivity index (χ1) is 17.3. The number of hydrogen-bond donors (Lipinski definition) is 1.